The minimum Gasteiger partial charge on any atom is -0.479 e. The number of hydrogen-bond acceptors (Lipinski definition) is 4. The van der Waals surface area contributed by atoms with Crippen molar-refractivity contribution in [1.82, 2.24) is 4.90 Å². The molecule has 0 saturated carbocycles. The molecule has 1 aliphatic heterocycles. The second-order valence-electron chi connectivity index (χ2n) is 4.48. The van der Waals surface area contributed by atoms with Crippen molar-refractivity contribution in [1.29, 1.82) is 0 Å². The Morgan fingerprint density at radius 1 is 1.20 bits per heavy atom. The van der Waals surface area contributed by atoms with Crippen molar-refractivity contribution in [3.63, 3.8) is 0 Å². The molecule has 1 heterocycles. The van der Waals surface area contributed by atoms with E-state index in [0.717, 1.165) is 0 Å². The number of rotatable bonds is 3. The molecular weight excluding hydrogens is 264 g/mol. The van der Waals surface area contributed by atoms with Crippen molar-refractivity contribution in [3.8, 4) is 0 Å². The van der Waals surface area contributed by atoms with Gasteiger partial charge in [0.25, 0.3) is 0 Å². The molecule has 0 radical (unpaired) electrons. The van der Waals surface area contributed by atoms with Crippen LogP contribution in [0.3, 0.4) is 0 Å². The zero-order valence-corrected chi connectivity index (χ0v) is 10.8. The van der Waals surface area contributed by atoms with Crippen LogP contribution in [0.25, 0.3) is 0 Å². The van der Waals surface area contributed by atoms with Crippen molar-refractivity contribution < 1.29 is 24.6 Å². The van der Waals surface area contributed by atoms with Crippen molar-refractivity contribution in [2.24, 2.45) is 0 Å². The Kier molecular flexibility index (Phi) is 3.71. The highest BCUT2D eigenvalue weighted by atomic mass is 16.4. The summed E-state index contributed by atoms with van der Waals surface area (Å²) in [6, 6.07) is 6.11. The molecule has 1 aromatic carbocycles. The highest BCUT2D eigenvalue weighted by molar-refractivity contribution is 6.41. The first kappa shape index (κ1) is 14.0. The number of piperazine rings is 1. The van der Waals surface area contributed by atoms with Gasteiger partial charge in [-0.05, 0) is 6.07 Å². The first-order chi connectivity index (χ1) is 9.43. The second-order valence-corrected chi connectivity index (χ2v) is 4.48. The van der Waals surface area contributed by atoms with Gasteiger partial charge in [0.15, 0.2) is 6.10 Å². The number of amides is 2. The van der Waals surface area contributed by atoms with Gasteiger partial charge in [-0.1, -0.05) is 18.2 Å². The summed E-state index contributed by atoms with van der Waals surface area (Å²) < 4.78 is 0. The highest BCUT2D eigenvalue weighted by Gasteiger charge is 2.33. The van der Waals surface area contributed by atoms with Crippen LogP contribution >= 0.6 is 0 Å². The number of anilines is 1. The van der Waals surface area contributed by atoms with Crippen LogP contribution in [-0.2, 0) is 14.4 Å². The molecule has 1 aliphatic rings. The number of carbonyl (C=O) groups excluding carboxylic acids is 2. The summed E-state index contributed by atoms with van der Waals surface area (Å²) in [6.07, 6.45) is -1.74. The highest BCUT2D eigenvalue weighted by Crippen LogP contribution is 2.28. The summed E-state index contributed by atoms with van der Waals surface area (Å²) >= 11 is 0. The average molecular weight is 278 g/mol. The molecule has 1 saturated heterocycles. The van der Waals surface area contributed by atoms with Crippen LogP contribution < -0.4 is 4.90 Å². The maximum Gasteiger partial charge on any atom is 0.337 e. The third kappa shape index (κ3) is 2.35. The molecule has 7 heteroatoms. The lowest BCUT2D eigenvalue weighted by molar-refractivity contribution is -0.147. The molecule has 20 heavy (non-hydrogen) atoms. The van der Waals surface area contributed by atoms with Gasteiger partial charge in [-0.3, -0.25) is 9.59 Å². The first-order valence-corrected chi connectivity index (χ1v) is 6.00. The first-order valence-electron chi connectivity index (χ1n) is 6.00. The number of carboxylic acid groups (broad SMARTS) is 1. The van der Waals surface area contributed by atoms with Crippen LogP contribution in [0.5, 0.6) is 0 Å². The van der Waals surface area contributed by atoms with Gasteiger partial charge in [-0.2, -0.15) is 0 Å². The van der Waals surface area contributed by atoms with Gasteiger partial charge in [0, 0.05) is 25.7 Å². The van der Waals surface area contributed by atoms with Gasteiger partial charge in [-0.15, -0.1) is 0 Å². The number of benzene rings is 1. The van der Waals surface area contributed by atoms with Gasteiger partial charge in [0.05, 0.1) is 5.69 Å². The minimum absolute atomic E-state index is 0.0886. The molecule has 1 unspecified atom stereocenters. The fourth-order valence-electron chi connectivity index (χ4n) is 2.06. The Balaban J connectivity index is 2.41. The largest absolute Gasteiger partial charge is 0.479 e. The zero-order valence-electron chi connectivity index (χ0n) is 10.8. The van der Waals surface area contributed by atoms with Crippen LogP contribution in [0.15, 0.2) is 24.3 Å². The smallest absolute Gasteiger partial charge is 0.337 e. The van der Waals surface area contributed by atoms with E-state index < -0.39 is 23.9 Å². The molecule has 0 bridgehead atoms. The standard InChI is InChI=1S/C13H14N2O5/c1-14-6-7-15(12(18)11(14)17)9-5-3-2-4-8(9)10(16)13(19)20/h2-5,10,16H,6-7H2,1H3,(H,19,20). The molecule has 1 atom stereocenters. The van der Waals surface area contributed by atoms with E-state index in [2.05, 4.69) is 0 Å². The lowest BCUT2D eigenvalue weighted by atomic mass is 10.1. The Bertz CT molecular complexity index is 572. The molecule has 7 nitrogen and oxygen atoms in total. The Hall–Kier alpha value is -2.41. The third-order valence-corrected chi connectivity index (χ3v) is 3.19. The number of aliphatic hydroxyl groups is 1. The van der Waals surface area contributed by atoms with E-state index in [-0.39, 0.29) is 17.8 Å². The zero-order chi connectivity index (χ0) is 14.9. The molecule has 2 amide bonds. The normalized spacial score (nSPS) is 17.3. The number of aliphatic hydroxyl groups excluding tert-OH is 1. The number of likely N-dealkylation sites (N-methyl/N-ethyl adjacent to an activating group) is 1. The fourth-order valence-corrected chi connectivity index (χ4v) is 2.06. The van der Waals surface area contributed by atoms with Crippen molar-refractivity contribution in [3.05, 3.63) is 29.8 Å². The third-order valence-electron chi connectivity index (χ3n) is 3.19. The number of carbonyl (C=O) groups is 3. The molecule has 1 fully saturated rings. The average Bonchev–Trinajstić information content (AvgIpc) is 2.44. The van der Waals surface area contributed by atoms with Gasteiger partial charge in [0.2, 0.25) is 0 Å². The van der Waals surface area contributed by atoms with Crippen LogP contribution in [0.1, 0.15) is 11.7 Å². The van der Waals surface area contributed by atoms with E-state index in [1.165, 1.54) is 29.0 Å². The summed E-state index contributed by atoms with van der Waals surface area (Å²) in [5.41, 5.74) is 0.333. The quantitative estimate of drug-likeness (QED) is 0.734. The number of aliphatic carboxylic acids is 1. The fraction of sp³-hybridized carbons (Fsp3) is 0.308. The second kappa shape index (κ2) is 5.30. The topological polar surface area (TPSA) is 98.2 Å². The predicted molar refractivity (Wildman–Crippen MR) is 69.0 cm³/mol. The van der Waals surface area contributed by atoms with E-state index in [1.807, 2.05) is 0 Å². The Morgan fingerprint density at radius 2 is 1.85 bits per heavy atom. The molecule has 1 aromatic rings. The van der Waals surface area contributed by atoms with Gasteiger partial charge in [-0.25, -0.2) is 4.79 Å². The van der Waals surface area contributed by atoms with Gasteiger partial charge < -0.3 is 20.0 Å². The number of carboxylic acids is 1. The summed E-state index contributed by atoms with van der Waals surface area (Å²) in [5, 5.41) is 18.6. The Morgan fingerprint density at radius 3 is 2.50 bits per heavy atom. The summed E-state index contributed by atoms with van der Waals surface area (Å²) in [5.74, 6) is -2.80. The summed E-state index contributed by atoms with van der Waals surface area (Å²) in [6.45, 7) is 0.604. The summed E-state index contributed by atoms with van der Waals surface area (Å²) in [7, 11) is 1.52. The minimum atomic E-state index is -1.74. The van der Waals surface area contributed by atoms with Crippen LogP contribution in [-0.4, -0.2) is 53.0 Å². The van der Waals surface area contributed by atoms with Crippen LogP contribution in [0.4, 0.5) is 5.69 Å². The van der Waals surface area contributed by atoms with Gasteiger partial charge >= 0.3 is 17.8 Å². The van der Waals surface area contributed by atoms with Crippen LogP contribution in [0, 0.1) is 0 Å². The summed E-state index contributed by atoms with van der Waals surface area (Å²) in [4.78, 5) is 37.1. The van der Waals surface area contributed by atoms with Crippen molar-refractivity contribution in [2.45, 2.75) is 6.10 Å². The predicted octanol–water partition coefficient (Wildman–Crippen LogP) is -0.390. The van der Waals surface area contributed by atoms with E-state index in [9.17, 15) is 19.5 Å². The molecular formula is C13H14N2O5. The molecule has 0 aromatic heterocycles. The maximum atomic E-state index is 12.0. The number of hydrogen-bond donors (Lipinski definition) is 2. The van der Waals surface area contributed by atoms with E-state index >= 15 is 0 Å². The van der Waals surface area contributed by atoms with Crippen LogP contribution in [0.2, 0.25) is 0 Å². The number of nitrogens with zero attached hydrogens (tertiary/aromatic N) is 2. The van der Waals surface area contributed by atoms with Crippen molar-refractivity contribution in [2.75, 3.05) is 25.0 Å². The Labute approximate surface area is 115 Å². The SMILES string of the molecule is CN1CCN(c2ccccc2C(O)C(=O)O)C(=O)C1=O. The molecule has 106 valence electrons. The van der Waals surface area contributed by atoms with E-state index in [4.69, 9.17) is 5.11 Å². The number of para-hydroxylation sites is 1. The lowest BCUT2D eigenvalue weighted by Gasteiger charge is -2.32. The van der Waals surface area contributed by atoms with E-state index in [0.29, 0.717) is 6.54 Å². The molecule has 2 N–H and O–H groups in total. The van der Waals surface area contributed by atoms with E-state index in [1.54, 1.807) is 12.1 Å². The molecule has 0 aliphatic carbocycles. The lowest BCUT2D eigenvalue weighted by Crippen LogP contribution is -2.53. The maximum absolute atomic E-state index is 12.0. The monoisotopic (exact) mass is 278 g/mol. The molecule has 0 spiro atoms. The van der Waals surface area contributed by atoms with Crippen molar-refractivity contribution >= 4 is 23.5 Å². The van der Waals surface area contributed by atoms with Gasteiger partial charge in [0.1, 0.15) is 0 Å². The molecule has 2 rings (SSSR count).